The molecule has 0 aromatic rings. The van der Waals surface area contributed by atoms with Crippen LogP contribution in [0.2, 0.25) is 0 Å². The number of rotatable bonds is 5. The Balaban J connectivity index is 0.00000288. The highest BCUT2D eigenvalue weighted by Crippen LogP contribution is 2.28. The summed E-state index contributed by atoms with van der Waals surface area (Å²) < 4.78 is 4.76. The van der Waals surface area contributed by atoms with E-state index < -0.39 is 24.1 Å². The van der Waals surface area contributed by atoms with Crippen molar-refractivity contribution in [3.05, 3.63) is 10.4 Å². The van der Waals surface area contributed by atoms with E-state index in [0.717, 1.165) is 12.8 Å². The summed E-state index contributed by atoms with van der Waals surface area (Å²) in [7, 11) is 1.29. The number of carbonyl (C=O) groups is 2. The van der Waals surface area contributed by atoms with Gasteiger partial charge >= 0.3 is 5.97 Å². The van der Waals surface area contributed by atoms with Crippen molar-refractivity contribution in [2.75, 3.05) is 13.7 Å². The van der Waals surface area contributed by atoms with Crippen molar-refractivity contribution in [1.82, 2.24) is 4.90 Å². The third-order valence-corrected chi connectivity index (χ3v) is 4.88. The molecule has 2 rings (SSSR count). The van der Waals surface area contributed by atoms with Gasteiger partial charge in [0.15, 0.2) is 0 Å². The minimum Gasteiger partial charge on any atom is -0.467 e. The predicted octanol–water partition coefficient (Wildman–Crippen LogP) is 2.16. The van der Waals surface area contributed by atoms with Gasteiger partial charge in [0.1, 0.15) is 6.04 Å². The lowest BCUT2D eigenvalue weighted by Gasteiger charge is -2.29. The summed E-state index contributed by atoms with van der Waals surface area (Å²) in [6.45, 7) is 0.223. The first-order chi connectivity index (χ1) is 11.1. The average molecular weight is 360 g/mol. The van der Waals surface area contributed by atoms with Gasteiger partial charge in [-0.25, -0.2) is 4.79 Å². The van der Waals surface area contributed by atoms with E-state index in [1.54, 1.807) is 0 Å². The van der Waals surface area contributed by atoms with Crippen molar-refractivity contribution in [2.24, 2.45) is 16.8 Å². The van der Waals surface area contributed by atoms with Crippen LogP contribution in [-0.4, -0.2) is 48.6 Å². The van der Waals surface area contributed by atoms with E-state index in [2.05, 4.69) is 10.0 Å². The number of esters is 1. The van der Waals surface area contributed by atoms with Crippen LogP contribution in [0.25, 0.3) is 10.4 Å². The Hall–Kier alpha value is -1.50. The Bertz CT molecular complexity index is 492. The maximum Gasteiger partial charge on any atom is 0.328 e. The van der Waals surface area contributed by atoms with Crippen LogP contribution in [0.1, 0.15) is 44.9 Å². The third kappa shape index (κ3) is 5.00. The summed E-state index contributed by atoms with van der Waals surface area (Å²) in [5.41, 5.74) is 14.7. The molecule has 0 spiro atoms. The predicted molar refractivity (Wildman–Crippen MR) is 91.5 cm³/mol. The van der Waals surface area contributed by atoms with Crippen LogP contribution in [0.4, 0.5) is 0 Å². The monoisotopic (exact) mass is 359 g/mol. The lowest BCUT2D eigenvalue weighted by atomic mass is 9.84. The summed E-state index contributed by atoms with van der Waals surface area (Å²) in [5, 5.41) is 3.64. The minimum atomic E-state index is -0.708. The molecule has 1 saturated carbocycles. The van der Waals surface area contributed by atoms with Crippen molar-refractivity contribution in [3.63, 3.8) is 0 Å². The Labute approximate surface area is 148 Å². The normalized spacial score (nSPS) is 25.3. The fourth-order valence-electron chi connectivity index (χ4n) is 3.67. The van der Waals surface area contributed by atoms with Crippen LogP contribution in [0.5, 0.6) is 0 Å². The van der Waals surface area contributed by atoms with Crippen LogP contribution in [-0.2, 0) is 14.3 Å². The van der Waals surface area contributed by atoms with Crippen LogP contribution in [0.3, 0.4) is 0 Å². The summed E-state index contributed by atoms with van der Waals surface area (Å²) in [4.78, 5) is 28.8. The van der Waals surface area contributed by atoms with Crippen molar-refractivity contribution >= 4 is 24.3 Å². The first kappa shape index (κ1) is 20.5. The number of hydrogen-bond donors (Lipinski definition) is 1. The van der Waals surface area contributed by atoms with E-state index in [-0.39, 0.29) is 24.9 Å². The standard InChI is InChI=1S/C15H25N5O3.ClH/c1-23-15(22)13-8-11(18-19-17)9-20(13)14(21)12(16)7-10-5-3-2-4-6-10;/h10-13H,2-9,16H2,1H3;1H/t11-,12?,13-;/m0./s1. The molecule has 9 heteroatoms. The summed E-state index contributed by atoms with van der Waals surface area (Å²) in [6.07, 6.45) is 6.81. The van der Waals surface area contributed by atoms with Crippen LogP contribution < -0.4 is 5.73 Å². The smallest absolute Gasteiger partial charge is 0.328 e. The summed E-state index contributed by atoms with van der Waals surface area (Å²) in [6, 6.07) is -1.73. The van der Waals surface area contributed by atoms with Crippen molar-refractivity contribution in [2.45, 2.75) is 63.1 Å². The third-order valence-electron chi connectivity index (χ3n) is 4.88. The number of nitrogens with zero attached hydrogens (tertiary/aromatic N) is 4. The zero-order valence-electron chi connectivity index (χ0n) is 14.0. The molecule has 1 amide bonds. The number of halogens is 1. The fourth-order valence-corrected chi connectivity index (χ4v) is 3.67. The first-order valence-corrected chi connectivity index (χ1v) is 8.25. The molecule has 0 aromatic carbocycles. The highest BCUT2D eigenvalue weighted by atomic mass is 35.5. The van der Waals surface area contributed by atoms with Crippen LogP contribution >= 0.6 is 12.4 Å². The molecule has 2 N–H and O–H groups in total. The van der Waals surface area contributed by atoms with E-state index in [4.69, 9.17) is 16.0 Å². The van der Waals surface area contributed by atoms with Gasteiger partial charge in [0.05, 0.1) is 19.2 Å². The lowest BCUT2D eigenvalue weighted by Crippen LogP contribution is -2.49. The van der Waals surface area contributed by atoms with E-state index in [0.29, 0.717) is 18.8 Å². The Morgan fingerprint density at radius 1 is 1.38 bits per heavy atom. The summed E-state index contributed by atoms with van der Waals surface area (Å²) in [5.74, 6) is -0.254. The number of carbonyl (C=O) groups excluding carboxylic acids is 2. The molecule has 136 valence electrons. The molecule has 1 aliphatic carbocycles. The molecule has 1 aliphatic heterocycles. The van der Waals surface area contributed by atoms with Gasteiger partial charge in [-0.15, -0.1) is 12.4 Å². The Morgan fingerprint density at radius 3 is 2.62 bits per heavy atom. The number of hydrogen-bond acceptors (Lipinski definition) is 5. The zero-order valence-corrected chi connectivity index (χ0v) is 14.8. The lowest BCUT2D eigenvalue weighted by molar-refractivity contribution is -0.151. The molecular formula is C15H26ClN5O3. The van der Waals surface area contributed by atoms with Crippen molar-refractivity contribution in [1.29, 1.82) is 0 Å². The molecular weight excluding hydrogens is 334 g/mol. The Morgan fingerprint density at radius 2 is 2.04 bits per heavy atom. The van der Waals surface area contributed by atoms with E-state index in [1.165, 1.54) is 31.3 Å². The number of nitrogens with two attached hydrogens (primary N) is 1. The van der Waals surface area contributed by atoms with Gasteiger partial charge in [-0.3, -0.25) is 4.79 Å². The van der Waals surface area contributed by atoms with Gasteiger partial charge in [-0.05, 0) is 24.3 Å². The maximum atomic E-state index is 12.7. The average Bonchev–Trinajstić information content (AvgIpc) is 2.98. The van der Waals surface area contributed by atoms with E-state index in [1.807, 2.05) is 0 Å². The molecule has 0 radical (unpaired) electrons. The van der Waals surface area contributed by atoms with Crippen molar-refractivity contribution < 1.29 is 14.3 Å². The molecule has 2 aliphatic rings. The largest absolute Gasteiger partial charge is 0.467 e. The zero-order chi connectivity index (χ0) is 16.8. The minimum absolute atomic E-state index is 0. The van der Waals surface area contributed by atoms with Gasteiger partial charge in [-0.2, -0.15) is 0 Å². The number of methoxy groups -OCH3 is 1. The molecule has 2 fully saturated rings. The molecule has 0 aromatic heterocycles. The number of ether oxygens (including phenoxy) is 1. The second-order valence-electron chi connectivity index (χ2n) is 6.47. The van der Waals surface area contributed by atoms with Gasteiger partial charge in [0.25, 0.3) is 0 Å². The van der Waals surface area contributed by atoms with Gasteiger partial charge in [0.2, 0.25) is 5.91 Å². The number of likely N-dealkylation sites (tertiary alicyclic amines) is 1. The van der Waals surface area contributed by atoms with Crippen LogP contribution in [0.15, 0.2) is 5.11 Å². The second kappa shape index (κ2) is 9.71. The van der Waals surface area contributed by atoms with Gasteiger partial charge < -0.3 is 15.4 Å². The SMILES string of the molecule is COC(=O)[C@@H]1C[C@H](N=[N+]=[N-])CN1C(=O)C(N)CC1CCCCC1.Cl. The number of amides is 1. The topological polar surface area (TPSA) is 121 Å². The van der Waals surface area contributed by atoms with Crippen molar-refractivity contribution in [3.8, 4) is 0 Å². The molecule has 8 nitrogen and oxygen atoms in total. The van der Waals surface area contributed by atoms with E-state index in [9.17, 15) is 9.59 Å². The molecule has 0 bridgehead atoms. The second-order valence-corrected chi connectivity index (χ2v) is 6.47. The maximum absolute atomic E-state index is 12.7. The highest BCUT2D eigenvalue weighted by Gasteiger charge is 2.41. The molecule has 1 saturated heterocycles. The highest BCUT2D eigenvalue weighted by molar-refractivity contribution is 5.88. The van der Waals surface area contributed by atoms with Crippen LogP contribution in [0, 0.1) is 5.92 Å². The quantitative estimate of drug-likeness (QED) is 0.349. The molecule has 1 heterocycles. The first-order valence-electron chi connectivity index (χ1n) is 8.25. The number of azide groups is 1. The Kier molecular flexibility index (Phi) is 8.31. The summed E-state index contributed by atoms with van der Waals surface area (Å²) >= 11 is 0. The molecule has 24 heavy (non-hydrogen) atoms. The van der Waals surface area contributed by atoms with Gasteiger partial charge in [0, 0.05) is 11.5 Å². The fraction of sp³-hybridized carbons (Fsp3) is 0.867. The van der Waals surface area contributed by atoms with Gasteiger partial charge in [-0.1, -0.05) is 37.2 Å². The molecule has 1 unspecified atom stereocenters. The molecule has 3 atom stereocenters. The van der Waals surface area contributed by atoms with E-state index >= 15 is 0 Å².